The zero-order valence-corrected chi connectivity index (χ0v) is 21.4. The summed E-state index contributed by atoms with van der Waals surface area (Å²) < 4.78 is 0. The quantitative estimate of drug-likeness (QED) is 0.229. The van der Waals surface area contributed by atoms with Crippen LogP contribution in [0.2, 0.25) is 0 Å². The van der Waals surface area contributed by atoms with Crippen LogP contribution in [0.3, 0.4) is 0 Å². The van der Waals surface area contributed by atoms with Gasteiger partial charge in [0, 0.05) is 30.0 Å². The molecule has 0 aliphatic carbocycles. The summed E-state index contributed by atoms with van der Waals surface area (Å²) in [5.74, 6) is 0.252. The predicted molar refractivity (Wildman–Crippen MR) is 145 cm³/mol. The van der Waals surface area contributed by atoms with Crippen molar-refractivity contribution >= 4 is 16.8 Å². The molecule has 0 saturated heterocycles. The van der Waals surface area contributed by atoms with Gasteiger partial charge in [0.25, 0.3) is 0 Å². The van der Waals surface area contributed by atoms with E-state index in [9.17, 15) is 4.79 Å². The lowest BCUT2D eigenvalue weighted by atomic mass is 9.95. The summed E-state index contributed by atoms with van der Waals surface area (Å²) in [7, 11) is 0. The van der Waals surface area contributed by atoms with E-state index in [0.717, 1.165) is 54.5 Å². The molecule has 1 unspecified atom stereocenters. The molecule has 1 aromatic heterocycles. The fourth-order valence-electron chi connectivity index (χ4n) is 4.69. The second-order valence-corrected chi connectivity index (χ2v) is 9.60. The van der Waals surface area contributed by atoms with E-state index < -0.39 is 0 Å². The standard InChI is InChI=1S/C31H42N2O/c1-4-6-8-15-21-33(22-16-9-7-5-2)31(34)25(3)23-27-24-30(26-17-11-10-12-18-26)32-29-20-14-13-19-28(27)29/h10-14,17-20,24-25H,4-9,15-16,21-23H2,1-3H3. The third-order valence-electron chi connectivity index (χ3n) is 6.69. The van der Waals surface area contributed by atoms with Crippen LogP contribution in [-0.4, -0.2) is 28.9 Å². The van der Waals surface area contributed by atoms with Crippen LogP contribution in [0.25, 0.3) is 22.2 Å². The van der Waals surface area contributed by atoms with Gasteiger partial charge >= 0.3 is 0 Å². The number of unbranched alkanes of at least 4 members (excludes halogenated alkanes) is 6. The first-order chi connectivity index (χ1) is 16.6. The highest BCUT2D eigenvalue weighted by Gasteiger charge is 2.22. The first-order valence-corrected chi connectivity index (χ1v) is 13.4. The molecule has 0 fully saturated rings. The molecular formula is C31H42N2O. The van der Waals surface area contributed by atoms with Crippen molar-refractivity contribution < 1.29 is 4.79 Å². The number of nitrogens with zero attached hydrogens (tertiary/aromatic N) is 2. The van der Waals surface area contributed by atoms with Crippen molar-refractivity contribution in [2.75, 3.05) is 13.1 Å². The van der Waals surface area contributed by atoms with Crippen molar-refractivity contribution in [1.29, 1.82) is 0 Å². The number of hydrogen-bond acceptors (Lipinski definition) is 2. The minimum Gasteiger partial charge on any atom is -0.342 e. The fraction of sp³-hybridized carbons (Fsp3) is 0.484. The second kappa shape index (κ2) is 13.9. The van der Waals surface area contributed by atoms with Gasteiger partial charge in [-0.2, -0.15) is 0 Å². The van der Waals surface area contributed by atoms with E-state index in [1.165, 1.54) is 44.1 Å². The molecule has 1 amide bonds. The molecule has 3 heteroatoms. The summed E-state index contributed by atoms with van der Waals surface area (Å²) in [6.07, 6.45) is 10.3. The van der Waals surface area contributed by atoms with E-state index in [1.807, 2.05) is 24.3 Å². The molecule has 0 bridgehead atoms. The lowest BCUT2D eigenvalue weighted by Crippen LogP contribution is -2.37. The summed E-state index contributed by atoms with van der Waals surface area (Å²) in [5, 5.41) is 1.15. The van der Waals surface area contributed by atoms with Crippen LogP contribution < -0.4 is 0 Å². The maximum absolute atomic E-state index is 13.6. The number of pyridine rings is 1. The summed E-state index contributed by atoms with van der Waals surface area (Å²) in [6.45, 7) is 8.35. The van der Waals surface area contributed by atoms with Gasteiger partial charge in [0.05, 0.1) is 11.2 Å². The number of carbonyl (C=O) groups is 1. The Morgan fingerprint density at radius 1 is 0.824 bits per heavy atom. The lowest BCUT2D eigenvalue weighted by molar-refractivity contribution is -0.135. The Hall–Kier alpha value is -2.68. The van der Waals surface area contributed by atoms with Crippen LogP contribution >= 0.6 is 0 Å². The Kier molecular flexibility index (Phi) is 10.6. The van der Waals surface area contributed by atoms with Crippen molar-refractivity contribution in [3.05, 3.63) is 66.2 Å². The van der Waals surface area contributed by atoms with Crippen LogP contribution in [0.4, 0.5) is 0 Å². The molecule has 182 valence electrons. The van der Waals surface area contributed by atoms with Crippen LogP contribution in [0.15, 0.2) is 60.7 Å². The molecule has 1 atom stereocenters. The molecule has 3 aromatic rings. The Balaban J connectivity index is 1.78. The van der Waals surface area contributed by atoms with E-state index in [1.54, 1.807) is 0 Å². The van der Waals surface area contributed by atoms with Crippen LogP contribution in [-0.2, 0) is 11.2 Å². The van der Waals surface area contributed by atoms with Gasteiger partial charge in [-0.05, 0) is 37.0 Å². The molecule has 2 aromatic carbocycles. The predicted octanol–water partition coefficient (Wildman–Crippen LogP) is 8.07. The first-order valence-electron chi connectivity index (χ1n) is 13.4. The Bertz CT molecular complexity index is 1000. The molecule has 3 nitrogen and oxygen atoms in total. The van der Waals surface area contributed by atoms with Gasteiger partial charge in [-0.25, -0.2) is 4.98 Å². The molecule has 0 saturated carbocycles. The number of rotatable bonds is 14. The van der Waals surface area contributed by atoms with E-state index >= 15 is 0 Å². The van der Waals surface area contributed by atoms with Crippen LogP contribution in [0, 0.1) is 5.92 Å². The maximum atomic E-state index is 13.6. The molecule has 0 radical (unpaired) electrons. The third-order valence-corrected chi connectivity index (χ3v) is 6.69. The largest absolute Gasteiger partial charge is 0.342 e. The summed E-state index contributed by atoms with van der Waals surface area (Å²) in [4.78, 5) is 20.6. The van der Waals surface area contributed by atoms with Crippen molar-refractivity contribution in [3.63, 3.8) is 0 Å². The molecule has 0 aliphatic heterocycles. The van der Waals surface area contributed by atoms with E-state index in [0.29, 0.717) is 5.91 Å². The molecule has 1 heterocycles. The highest BCUT2D eigenvalue weighted by molar-refractivity contribution is 5.86. The van der Waals surface area contributed by atoms with Crippen molar-refractivity contribution in [3.8, 4) is 11.3 Å². The number of para-hydroxylation sites is 1. The second-order valence-electron chi connectivity index (χ2n) is 9.60. The molecule has 34 heavy (non-hydrogen) atoms. The molecule has 0 aliphatic rings. The lowest BCUT2D eigenvalue weighted by Gasteiger charge is -2.26. The minimum absolute atomic E-state index is 0.0493. The minimum atomic E-state index is -0.0493. The maximum Gasteiger partial charge on any atom is 0.225 e. The van der Waals surface area contributed by atoms with Gasteiger partial charge in [0.2, 0.25) is 5.91 Å². The molecule has 3 rings (SSSR count). The monoisotopic (exact) mass is 458 g/mol. The van der Waals surface area contributed by atoms with E-state index in [4.69, 9.17) is 4.98 Å². The number of carbonyl (C=O) groups excluding carboxylic acids is 1. The number of benzene rings is 2. The number of fused-ring (bicyclic) bond motifs is 1. The van der Waals surface area contributed by atoms with Gasteiger partial charge in [-0.1, -0.05) is 108 Å². The van der Waals surface area contributed by atoms with Crippen molar-refractivity contribution in [2.24, 2.45) is 5.92 Å². The van der Waals surface area contributed by atoms with Gasteiger partial charge in [-0.3, -0.25) is 4.79 Å². The number of aromatic nitrogens is 1. The summed E-state index contributed by atoms with van der Waals surface area (Å²) in [6, 6.07) is 20.8. The number of amides is 1. The van der Waals surface area contributed by atoms with E-state index in [-0.39, 0.29) is 5.92 Å². The average molecular weight is 459 g/mol. The van der Waals surface area contributed by atoms with Crippen molar-refractivity contribution in [2.45, 2.75) is 78.6 Å². The van der Waals surface area contributed by atoms with Crippen LogP contribution in [0.5, 0.6) is 0 Å². The highest BCUT2D eigenvalue weighted by Crippen LogP contribution is 2.27. The molecular weight excluding hydrogens is 416 g/mol. The number of hydrogen-bond donors (Lipinski definition) is 0. The Morgan fingerprint density at radius 3 is 2.09 bits per heavy atom. The highest BCUT2D eigenvalue weighted by atomic mass is 16.2. The Labute approximate surface area is 206 Å². The smallest absolute Gasteiger partial charge is 0.225 e. The zero-order valence-electron chi connectivity index (χ0n) is 21.4. The van der Waals surface area contributed by atoms with Crippen LogP contribution in [0.1, 0.15) is 77.7 Å². The van der Waals surface area contributed by atoms with Gasteiger partial charge in [-0.15, -0.1) is 0 Å². The molecule has 0 N–H and O–H groups in total. The van der Waals surface area contributed by atoms with Gasteiger partial charge < -0.3 is 4.90 Å². The van der Waals surface area contributed by atoms with Gasteiger partial charge in [0.15, 0.2) is 0 Å². The normalized spacial score (nSPS) is 12.1. The fourth-order valence-corrected chi connectivity index (χ4v) is 4.69. The first kappa shape index (κ1) is 25.9. The van der Waals surface area contributed by atoms with E-state index in [2.05, 4.69) is 62.1 Å². The average Bonchev–Trinajstić information content (AvgIpc) is 2.87. The topological polar surface area (TPSA) is 33.2 Å². The van der Waals surface area contributed by atoms with Gasteiger partial charge in [0.1, 0.15) is 0 Å². The van der Waals surface area contributed by atoms with Crippen molar-refractivity contribution in [1.82, 2.24) is 9.88 Å². The zero-order chi connectivity index (χ0) is 24.2. The third kappa shape index (κ3) is 7.41. The molecule has 0 spiro atoms. The SMILES string of the molecule is CCCCCCN(CCCCCC)C(=O)C(C)Cc1cc(-c2ccccc2)nc2ccccc12. The summed E-state index contributed by atoms with van der Waals surface area (Å²) in [5.41, 5.74) is 4.30. The summed E-state index contributed by atoms with van der Waals surface area (Å²) >= 11 is 0. The Morgan fingerprint density at radius 2 is 1.44 bits per heavy atom.